The predicted molar refractivity (Wildman–Crippen MR) is 64.3 cm³/mol. The minimum Gasteiger partial charge on any atom is -1.00 e. The molecular weight excluding hydrogens is 232 g/mol. The maximum atomic E-state index is 8.73. The maximum Gasteiger partial charge on any atom is 0.115 e. The van der Waals surface area contributed by atoms with E-state index in [4.69, 9.17) is 5.21 Å². The van der Waals surface area contributed by atoms with Crippen molar-refractivity contribution in [3.8, 4) is 0 Å². The highest BCUT2D eigenvalue weighted by atomic mass is 35.5. The smallest absolute Gasteiger partial charge is 0.115 e. The molecule has 0 bridgehead atoms. The number of rotatable bonds is 6. The third kappa shape index (κ3) is 7.94. The molecule has 0 aromatic heterocycles. The van der Waals surface area contributed by atoms with Crippen LogP contribution >= 0.6 is 11.8 Å². The molecule has 0 rings (SSSR count). The first-order valence-electron chi connectivity index (χ1n) is 5.22. The Morgan fingerprint density at radius 1 is 1.33 bits per heavy atom. The van der Waals surface area contributed by atoms with Crippen LogP contribution in [0.3, 0.4) is 0 Å². The van der Waals surface area contributed by atoms with Gasteiger partial charge < -0.3 is 22.5 Å². The van der Waals surface area contributed by atoms with Gasteiger partial charge in [-0.3, -0.25) is 0 Å². The molecule has 3 nitrogen and oxygen atoms in total. The van der Waals surface area contributed by atoms with Crippen LogP contribution in [0.15, 0.2) is 5.16 Å². The van der Waals surface area contributed by atoms with Crippen molar-refractivity contribution in [1.29, 1.82) is 0 Å². The summed E-state index contributed by atoms with van der Waals surface area (Å²) >= 11 is 1.65. The summed E-state index contributed by atoms with van der Waals surface area (Å²) < 4.78 is 0. The van der Waals surface area contributed by atoms with Crippen LogP contribution in [0.1, 0.15) is 27.7 Å². The number of hydrogen-bond acceptors (Lipinski definition) is 4. The molecule has 0 atom stereocenters. The average molecular weight is 254 g/mol. The van der Waals surface area contributed by atoms with Crippen LogP contribution < -0.4 is 12.4 Å². The molecule has 0 radical (unpaired) electrons. The fourth-order valence-electron chi connectivity index (χ4n) is 1.13. The van der Waals surface area contributed by atoms with Crippen molar-refractivity contribution in [3.05, 3.63) is 0 Å². The molecule has 0 unspecified atom stereocenters. The molecule has 1 N–H and O–H groups in total. The van der Waals surface area contributed by atoms with Crippen molar-refractivity contribution >= 4 is 16.8 Å². The molecule has 0 amide bonds. The predicted octanol–water partition coefficient (Wildman–Crippen LogP) is -0.491. The van der Waals surface area contributed by atoms with E-state index in [1.165, 1.54) is 0 Å². The second-order valence-electron chi connectivity index (χ2n) is 3.47. The van der Waals surface area contributed by atoms with E-state index >= 15 is 0 Å². The molecule has 0 saturated carbocycles. The Morgan fingerprint density at radius 2 is 1.87 bits per heavy atom. The van der Waals surface area contributed by atoms with E-state index < -0.39 is 0 Å². The summed E-state index contributed by atoms with van der Waals surface area (Å²) in [7, 11) is 0. The Hall–Kier alpha value is 0.0700. The van der Waals surface area contributed by atoms with Crippen LogP contribution in [0.2, 0.25) is 0 Å². The maximum absolute atomic E-state index is 8.73. The van der Waals surface area contributed by atoms with E-state index in [-0.39, 0.29) is 12.4 Å². The van der Waals surface area contributed by atoms with Crippen LogP contribution in [0, 0.1) is 5.92 Å². The fourth-order valence-corrected chi connectivity index (χ4v) is 2.08. The largest absolute Gasteiger partial charge is 1.00 e. The number of nitrogens with zero attached hydrogens (tertiary/aromatic N) is 2. The Kier molecular flexibility index (Phi) is 12.3. The monoisotopic (exact) mass is 253 g/mol. The minimum absolute atomic E-state index is 0. The van der Waals surface area contributed by atoms with Gasteiger partial charge in [0.15, 0.2) is 0 Å². The Balaban J connectivity index is 0. The zero-order valence-corrected chi connectivity index (χ0v) is 11.6. The molecule has 92 valence electrons. The first kappa shape index (κ1) is 17.5. The molecule has 0 saturated heterocycles. The van der Waals surface area contributed by atoms with E-state index in [0.29, 0.717) is 5.92 Å². The Labute approximate surface area is 104 Å². The quantitative estimate of drug-likeness (QED) is 0.300. The zero-order chi connectivity index (χ0) is 11.0. The highest BCUT2D eigenvalue weighted by molar-refractivity contribution is 8.14. The molecule has 0 spiro atoms. The van der Waals surface area contributed by atoms with Gasteiger partial charge in [0, 0.05) is 18.2 Å². The lowest BCUT2D eigenvalue weighted by Crippen LogP contribution is -3.00. The van der Waals surface area contributed by atoms with E-state index in [9.17, 15) is 0 Å². The third-order valence-corrected chi connectivity index (χ3v) is 3.38. The van der Waals surface area contributed by atoms with Crippen LogP contribution in [-0.2, 0) is 0 Å². The highest BCUT2D eigenvalue weighted by Crippen LogP contribution is 2.12. The van der Waals surface area contributed by atoms with Crippen molar-refractivity contribution in [2.45, 2.75) is 27.7 Å². The third-order valence-electron chi connectivity index (χ3n) is 2.14. The van der Waals surface area contributed by atoms with Crippen molar-refractivity contribution in [2.24, 2.45) is 11.1 Å². The topological polar surface area (TPSA) is 35.8 Å². The number of thioether (sulfide) groups is 1. The van der Waals surface area contributed by atoms with Crippen molar-refractivity contribution in [1.82, 2.24) is 4.90 Å². The Bertz CT molecular complexity index is 173. The van der Waals surface area contributed by atoms with Gasteiger partial charge in [-0.15, -0.1) is 11.8 Å². The molecule has 0 aliphatic carbocycles. The van der Waals surface area contributed by atoms with Gasteiger partial charge in [-0.1, -0.05) is 32.9 Å². The van der Waals surface area contributed by atoms with Gasteiger partial charge in [-0.05, 0) is 13.1 Å². The van der Waals surface area contributed by atoms with E-state index in [0.717, 1.165) is 30.4 Å². The standard InChI is InChI=1S/C10H22N2OS.ClH/c1-5-12(6-2)7-8-14-10(11-13)9(3)4;/h9,13H,5-8H2,1-4H3;1H/p-1/b11-10+;. The van der Waals surface area contributed by atoms with Gasteiger partial charge in [-0.25, -0.2) is 0 Å². The number of hydrogen-bond donors (Lipinski definition) is 1. The molecule has 0 fully saturated rings. The summed E-state index contributed by atoms with van der Waals surface area (Å²) in [6.07, 6.45) is 0. The second-order valence-corrected chi connectivity index (χ2v) is 4.58. The van der Waals surface area contributed by atoms with Crippen LogP contribution in [0.5, 0.6) is 0 Å². The van der Waals surface area contributed by atoms with Gasteiger partial charge in [0.1, 0.15) is 5.04 Å². The minimum atomic E-state index is 0. The van der Waals surface area contributed by atoms with Gasteiger partial charge in [-0.2, -0.15) is 0 Å². The molecule has 15 heavy (non-hydrogen) atoms. The first-order valence-corrected chi connectivity index (χ1v) is 6.21. The molecular formula is C10H22ClN2OS-. The molecule has 0 heterocycles. The SMILES string of the molecule is CCN(CC)CCS/C(=N/O)C(C)C.[Cl-]. The van der Waals surface area contributed by atoms with Crippen molar-refractivity contribution < 1.29 is 17.6 Å². The summed E-state index contributed by atoms with van der Waals surface area (Å²) in [5.74, 6) is 1.32. The van der Waals surface area contributed by atoms with E-state index in [2.05, 4.69) is 23.9 Å². The lowest BCUT2D eigenvalue weighted by molar-refractivity contribution is -0.00000407. The normalized spacial score (nSPS) is 12.0. The second kappa shape index (κ2) is 10.6. The zero-order valence-electron chi connectivity index (χ0n) is 10.0. The molecule has 0 aliphatic heterocycles. The average Bonchev–Trinajstić information content (AvgIpc) is 2.18. The van der Waals surface area contributed by atoms with Crippen LogP contribution in [0.4, 0.5) is 0 Å². The van der Waals surface area contributed by atoms with E-state index in [1.807, 2.05) is 13.8 Å². The van der Waals surface area contributed by atoms with E-state index in [1.54, 1.807) is 11.8 Å². The fraction of sp³-hybridized carbons (Fsp3) is 0.900. The summed E-state index contributed by atoms with van der Waals surface area (Å²) in [5.41, 5.74) is 0. The summed E-state index contributed by atoms with van der Waals surface area (Å²) in [6, 6.07) is 0. The summed E-state index contributed by atoms with van der Waals surface area (Å²) in [4.78, 5) is 2.36. The van der Waals surface area contributed by atoms with Crippen molar-refractivity contribution in [2.75, 3.05) is 25.4 Å². The molecule has 0 aromatic rings. The van der Waals surface area contributed by atoms with Crippen LogP contribution in [-0.4, -0.2) is 40.5 Å². The molecule has 0 aromatic carbocycles. The number of halogens is 1. The Morgan fingerprint density at radius 3 is 2.20 bits per heavy atom. The lowest BCUT2D eigenvalue weighted by atomic mass is 10.2. The first-order chi connectivity index (χ1) is 6.65. The highest BCUT2D eigenvalue weighted by Gasteiger charge is 2.07. The summed E-state index contributed by atoms with van der Waals surface area (Å²) in [6.45, 7) is 11.6. The lowest BCUT2D eigenvalue weighted by Gasteiger charge is -2.17. The van der Waals surface area contributed by atoms with Crippen LogP contribution in [0.25, 0.3) is 0 Å². The van der Waals surface area contributed by atoms with Crippen molar-refractivity contribution in [3.63, 3.8) is 0 Å². The number of oxime groups is 1. The van der Waals surface area contributed by atoms with Gasteiger partial charge in [0.25, 0.3) is 0 Å². The van der Waals surface area contributed by atoms with Gasteiger partial charge in [0.2, 0.25) is 0 Å². The molecule has 0 aliphatic rings. The van der Waals surface area contributed by atoms with Gasteiger partial charge in [0.05, 0.1) is 0 Å². The van der Waals surface area contributed by atoms with Gasteiger partial charge >= 0.3 is 0 Å². The molecule has 5 heteroatoms. The summed E-state index contributed by atoms with van der Waals surface area (Å²) in [5, 5.41) is 12.9.